The van der Waals surface area contributed by atoms with Crippen LogP contribution in [0.2, 0.25) is 0 Å². The standard InChI is InChI=1S/C20H26/c1-14-9-15(2)11-18(10-14)19-8-7-17(12-16(19)3)13-20(4,5)6/h7-12H,13H2,1-6H3. The zero-order valence-electron chi connectivity index (χ0n) is 13.7. The molecule has 2 rings (SSSR count). The molecule has 0 aliphatic rings. The number of hydrogen-bond acceptors (Lipinski definition) is 0. The topological polar surface area (TPSA) is 0 Å². The Morgan fingerprint density at radius 2 is 1.40 bits per heavy atom. The Morgan fingerprint density at radius 1 is 0.800 bits per heavy atom. The van der Waals surface area contributed by atoms with Crippen molar-refractivity contribution in [3.8, 4) is 11.1 Å². The lowest BCUT2D eigenvalue weighted by Crippen LogP contribution is -2.09. The van der Waals surface area contributed by atoms with E-state index in [0.717, 1.165) is 6.42 Å². The first-order valence-electron chi connectivity index (χ1n) is 7.43. The molecule has 0 bridgehead atoms. The molecule has 0 heterocycles. The van der Waals surface area contributed by atoms with Crippen LogP contribution < -0.4 is 0 Å². The molecule has 0 spiro atoms. The number of benzene rings is 2. The lowest BCUT2D eigenvalue weighted by molar-refractivity contribution is 0.411. The van der Waals surface area contributed by atoms with Gasteiger partial charge in [-0.1, -0.05) is 68.3 Å². The van der Waals surface area contributed by atoms with E-state index in [2.05, 4.69) is 77.9 Å². The average Bonchev–Trinajstić information content (AvgIpc) is 2.25. The van der Waals surface area contributed by atoms with Gasteiger partial charge in [-0.15, -0.1) is 0 Å². The molecule has 2 aromatic carbocycles. The summed E-state index contributed by atoms with van der Waals surface area (Å²) in [5.74, 6) is 0. The van der Waals surface area contributed by atoms with Crippen molar-refractivity contribution in [2.45, 2.75) is 48.0 Å². The quantitative estimate of drug-likeness (QED) is 0.638. The van der Waals surface area contributed by atoms with E-state index in [1.807, 2.05) is 0 Å². The maximum atomic E-state index is 2.35. The number of aryl methyl sites for hydroxylation is 3. The normalized spacial score (nSPS) is 11.7. The second-order valence-corrected chi connectivity index (χ2v) is 7.26. The fraction of sp³-hybridized carbons (Fsp3) is 0.400. The second kappa shape index (κ2) is 5.44. The van der Waals surface area contributed by atoms with Crippen molar-refractivity contribution in [1.29, 1.82) is 0 Å². The van der Waals surface area contributed by atoms with Gasteiger partial charge in [0.05, 0.1) is 0 Å². The molecule has 20 heavy (non-hydrogen) atoms. The van der Waals surface area contributed by atoms with Crippen molar-refractivity contribution in [1.82, 2.24) is 0 Å². The van der Waals surface area contributed by atoms with Gasteiger partial charge in [0.1, 0.15) is 0 Å². The second-order valence-electron chi connectivity index (χ2n) is 7.26. The van der Waals surface area contributed by atoms with Crippen LogP contribution in [0.4, 0.5) is 0 Å². The molecule has 106 valence electrons. The van der Waals surface area contributed by atoms with Gasteiger partial charge in [-0.05, 0) is 54.9 Å². The molecule has 0 unspecified atom stereocenters. The summed E-state index contributed by atoms with van der Waals surface area (Å²) in [5.41, 5.74) is 8.50. The monoisotopic (exact) mass is 266 g/mol. The van der Waals surface area contributed by atoms with E-state index in [9.17, 15) is 0 Å². The van der Waals surface area contributed by atoms with Crippen molar-refractivity contribution in [3.63, 3.8) is 0 Å². The lowest BCUT2D eigenvalue weighted by Gasteiger charge is -2.19. The Morgan fingerprint density at radius 3 is 1.90 bits per heavy atom. The predicted molar refractivity (Wildman–Crippen MR) is 89.2 cm³/mol. The Hall–Kier alpha value is -1.56. The van der Waals surface area contributed by atoms with Crippen molar-refractivity contribution in [3.05, 3.63) is 58.7 Å². The highest BCUT2D eigenvalue weighted by Gasteiger charge is 2.12. The van der Waals surface area contributed by atoms with E-state index < -0.39 is 0 Å². The maximum Gasteiger partial charge on any atom is -0.0154 e. The zero-order chi connectivity index (χ0) is 14.9. The Balaban J connectivity index is 2.39. The van der Waals surface area contributed by atoms with Gasteiger partial charge < -0.3 is 0 Å². The molecule has 0 atom stereocenters. The molecule has 0 aliphatic carbocycles. The van der Waals surface area contributed by atoms with Gasteiger partial charge >= 0.3 is 0 Å². The van der Waals surface area contributed by atoms with E-state index >= 15 is 0 Å². The van der Waals surface area contributed by atoms with Gasteiger partial charge in [0.15, 0.2) is 0 Å². The van der Waals surface area contributed by atoms with Crippen LogP contribution in [0.1, 0.15) is 43.0 Å². The minimum atomic E-state index is 0.341. The van der Waals surface area contributed by atoms with Crippen LogP contribution in [0.3, 0.4) is 0 Å². The van der Waals surface area contributed by atoms with Gasteiger partial charge in [-0.25, -0.2) is 0 Å². The molecule has 0 nitrogen and oxygen atoms in total. The summed E-state index contributed by atoms with van der Waals surface area (Å²) in [4.78, 5) is 0. The zero-order valence-corrected chi connectivity index (χ0v) is 13.7. The molecule has 0 aromatic heterocycles. The molecule has 0 saturated heterocycles. The predicted octanol–water partition coefficient (Wildman–Crippen LogP) is 5.87. The summed E-state index contributed by atoms with van der Waals surface area (Å²) < 4.78 is 0. The third-order valence-electron chi connectivity index (χ3n) is 3.56. The van der Waals surface area contributed by atoms with Crippen molar-refractivity contribution in [2.75, 3.05) is 0 Å². The molecule has 0 N–H and O–H groups in total. The van der Waals surface area contributed by atoms with Crippen LogP contribution in [0.5, 0.6) is 0 Å². The summed E-state index contributed by atoms with van der Waals surface area (Å²) in [6, 6.07) is 13.7. The summed E-state index contributed by atoms with van der Waals surface area (Å²) in [7, 11) is 0. The molecule has 0 heteroatoms. The van der Waals surface area contributed by atoms with Gasteiger partial charge in [-0.3, -0.25) is 0 Å². The SMILES string of the molecule is Cc1cc(C)cc(-c2ccc(CC(C)(C)C)cc2C)c1. The molecule has 0 aliphatic heterocycles. The molecular formula is C20H26. The molecular weight excluding hydrogens is 240 g/mol. The van der Waals surface area contributed by atoms with Crippen LogP contribution >= 0.6 is 0 Å². The number of hydrogen-bond donors (Lipinski definition) is 0. The van der Waals surface area contributed by atoms with E-state index in [4.69, 9.17) is 0 Å². The summed E-state index contributed by atoms with van der Waals surface area (Å²) >= 11 is 0. The molecule has 0 radical (unpaired) electrons. The average molecular weight is 266 g/mol. The molecule has 0 saturated carbocycles. The Kier molecular flexibility index (Phi) is 4.04. The number of rotatable bonds is 2. The highest BCUT2D eigenvalue weighted by Crippen LogP contribution is 2.28. The van der Waals surface area contributed by atoms with Crippen molar-refractivity contribution in [2.24, 2.45) is 5.41 Å². The van der Waals surface area contributed by atoms with Gasteiger partial charge in [0.25, 0.3) is 0 Å². The fourth-order valence-corrected chi connectivity index (χ4v) is 2.90. The smallest absolute Gasteiger partial charge is 0.0154 e. The minimum Gasteiger partial charge on any atom is -0.0599 e. The molecule has 2 aromatic rings. The van der Waals surface area contributed by atoms with E-state index in [0.29, 0.717) is 5.41 Å². The van der Waals surface area contributed by atoms with Crippen molar-refractivity contribution >= 4 is 0 Å². The van der Waals surface area contributed by atoms with E-state index in [1.165, 1.54) is 33.4 Å². The van der Waals surface area contributed by atoms with Crippen LogP contribution in [0.15, 0.2) is 36.4 Å². The summed E-state index contributed by atoms with van der Waals surface area (Å²) in [6.45, 7) is 13.4. The highest BCUT2D eigenvalue weighted by molar-refractivity contribution is 5.69. The van der Waals surface area contributed by atoms with E-state index in [1.54, 1.807) is 0 Å². The Labute approximate surface area is 123 Å². The van der Waals surface area contributed by atoms with E-state index in [-0.39, 0.29) is 0 Å². The van der Waals surface area contributed by atoms with Gasteiger partial charge in [0.2, 0.25) is 0 Å². The molecule has 0 fully saturated rings. The Bertz CT molecular complexity index is 592. The van der Waals surface area contributed by atoms with Crippen molar-refractivity contribution < 1.29 is 0 Å². The highest BCUT2D eigenvalue weighted by atomic mass is 14.2. The van der Waals surface area contributed by atoms with Crippen LogP contribution in [-0.2, 0) is 6.42 Å². The van der Waals surface area contributed by atoms with Crippen LogP contribution in [-0.4, -0.2) is 0 Å². The maximum absolute atomic E-state index is 2.35. The summed E-state index contributed by atoms with van der Waals surface area (Å²) in [5, 5.41) is 0. The first kappa shape index (κ1) is 14.8. The van der Waals surface area contributed by atoms with Crippen LogP contribution in [0.25, 0.3) is 11.1 Å². The third kappa shape index (κ3) is 3.72. The van der Waals surface area contributed by atoms with Gasteiger partial charge in [-0.2, -0.15) is 0 Å². The first-order valence-corrected chi connectivity index (χ1v) is 7.43. The molecule has 0 amide bonds. The fourth-order valence-electron chi connectivity index (χ4n) is 2.90. The van der Waals surface area contributed by atoms with Crippen LogP contribution in [0, 0.1) is 26.2 Å². The lowest BCUT2D eigenvalue weighted by atomic mass is 9.86. The largest absolute Gasteiger partial charge is 0.0599 e. The summed E-state index contributed by atoms with van der Waals surface area (Å²) in [6.07, 6.45) is 1.13. The minimum absolute atomic E-state index is 0.341. The van der Waals surface area contributed by atoms with Gasteiger partial charge in [0, 0.05) is 0 Å². The first-order chi connectivity index (χ1) is 9.24. The third-order valence-corrected chi connectivity index (χ3v) is 3.56.